The summed E-state index contributed by atoms with van der Waals surface area (Å²) in [5.41, 5.74) is 1.29. The third kappa shape index (κ3) is 1.88. The molecule has 0 fully saturated rings. The second kappa shape index (κ2) is 4.15. The molecule has 1 heterocycles. The van der Waals surface area contributed by atoms with Gasteiger partial charge in [0.1, 0.15) is 5.75 Å². The minimum atomic E-state index is 0.527. The second-order valence-electron chi connectivity index (χ2n) is 3.66. The van der Waals surface area contributed by atoms with E-state index >= 15 is 0 Å². The predicted octanol–water partition coefficient (Wildman–Crippen LogP) is 2.55. The van der Waals surface area contributed by atoms with Crippen LogP contribution in [0.15, 0.2) is 24.3 Å². The number of fused-ring (bicyclic) bond motifs is 1. The highest BCUT2D eigenvalue weighted by atomic mass is 16.5. The average Bonchev–Trinajstić information content (AvgIpc) is 2.26. The fourth-order valence-corrected chi connectivity index (χ4v) is 1.82. The van der Waals surface area contributed by atoms with Gasteiger partial charge in [0.2, 0.25) is 6.54 Å². The molecular formula is C12H13NO. The Morgan fingerprint density at radius 1 is 1.43 bits per heavy atom. The molecule has 0 radical (unpaired) electrons. The van der Waals surface area contributed by atoms with Crippen LogP contribution in [-0.4, -0.2) is 13.2 Å². The molecule has 0 saturated carbocycles. The Labute approximate surface area is 84.3 Å². The molecule has 0 amide bonds. The van der Waals surface area contributed by atoms with Crippen molar-refractivity contribution >= 4 is 0 Å². The number of nitrogens with zero attached hydrogens (tertiary/aromatic N) is 1. The summed E-state index contributed by atoms with van der Waals surface area (Å²) < 4.78 is 5.63. The van der Waals surface area contributed by atoms with Gasteiger partial charge in [-0.2, -0.15) is 0 Å². The number of ether oxygens (including phenoxy) is 1. The molecule has 14 heavy (non-hydrogen) atoms. The van der Waals surface area contributed by atoms with Crippen molar-refractivity contribution in [1.29, 1.82) is 0 Å². The first-order valence-electron chi connectivity index (χ1n) is 4.94. The lowest BCUT2D eigenvalue weighted by molar-refractivity contribution is 0.217. The molecular weight excluding hydrogens is 174 g/mol. The van der Waals surface area contributed by atoms with Gasteiger partial charge in [0.05, 0.1) is 6.61 Å². The van der Waals surface area contributed by atoms with E-state index in [1.807, 2.05) is 18.2 Å². The van der Waals surface area contributed by atoms with Crippen LogP contribution in [0, 0.1) is 12.5 Å². The van der Waals surface area contributed by atoms with Gasteiger partial charge >= 0.3 is 0 Å². The second-order valence-corrected chi connectivity index (χ2v) is 3.66. The molecule has 0 bridgehead atoms. The zero-order chi connectivity index (χ0) is 9.80. The highest BCUT2D eigenvalue weighted by Crippen LogP contribution is 2.27. The van der Waals surface area contributed by atoms with Gasteiger partial charge in [0.25, 0.3) is 0 Å². The first-order chi connectivity index (χ1) is 6.90. The SMILES string of the molecule is [C-]#[N+]CCC1COc2ccccc2C1. The van der Waals surface area contributed by atoms with Crippen molar-refractivity contribution in [3.8, 4) is 5.75 Å². The van der Waals surface area contributed by atoms with Crippen molar-refractivity contribution in [3.63, 3.8) is 0 Å². The summed E-state index contributed by atoms with van der Waals surface area (Å²) in [6, 6.07) is 8.16. The van der Waals surface area contributed by atoms with Crippen LogP contribution in [0.2, 0.25) is 0 Å². The van der Waals surface area contributed by atoms with E-state index in [2.05, 4.69) is 10.9 Å². The topological polar surface area (TPSA) is 13.6 Å². The molecule has 0 aliphatic carbocycles. The Hall–Kier alpha value is -1.49. The van der Waals surface area contributed by atoms with Crippen LogP contribution < -0.4 is 4.74 Å². The summed E-state index contributed by atoms with van der Waals surface area (Å²) in [4.78, 5) is 3.38. The van der Waals surface area contributed by atoms with Crippen molar-refractivity contribution in [2.75, 3.05) is 13.2 Å². The molecule has 1 aliphatic rings. The molecule has 2 rings (SSSR count). The van der Waals surface area contributed by atoms with Gasteiger partial charge in [-0.1, -0.05) is 18.2 Å². The number of hydrogen-bond acceptors (Lipinski definition) is 1. The number of hydrogen-bond donors (Lipinski definition) is 0. The molecule has 2 heteroatoms. The van der Waals surface area contributed by atoms with E-state index < -0.39 is 0 Å². The van der Waals surface area contributed by atoms with Crippen LogP contribution in [0.1, 0.15) is 12.0 Å². The van der Waals surface area contributed by atoms with E-state index in [4.69, 9.17) is 11.3 Å². The van der Waals surface area contributed by atoms with Gasteiger partial charge in [-0.3, -0.25) is 0 Å². The van der Waals surface area contributed by atoms with Crippen molar-refractivity contribution in [2.24, 2.45) is 5.92 Å². The van der Waals surface area contributed by atoms with Crippen LogP contribution >= 0.6 is 0 Å². The average molecular weight is 187 g/mol. The van der Waals surface area contributed by atoms with E-state index in [9.17, 15) is 0 Å². The maximum atomic E-state index is 6.75. The van der Waals surface area contributed by atoms with Crippen LogP contribution in [0.3, 0.4) is 0 Å². The molecule has 1 unspecified atom stereocenters. The van der Waals surface area contributed by atoms with E-state index in [0.29, 0.717) is 12.5 Å². The first kappa shape index (κ1) is 9.08. The highest BCUT2D eigenvalue weighted by molar-refractivity contribution is 5.35. The van der Waals surface area contributed by atoms with Gasteiger partial charge in [-0.05, 0) is 18.1 Å². The van der Waals surface area contributed by atoms with Crippen LogP contribution in [0.4, 0.5) is 0 Å². The standard InChI is InChI=1S/C12H13NO/c1-13-7-6-10-8-11-4-2-3-5-12(11)14-9-10/h2-5,10H,6-9H2. The smallest absolute Gasteiger partial charge is 0.215 e. The predicted molar refractivity (Wildman–Crippen MR) is 55.2 cm³/mol. The summed E-state index contributed by atoms with van der Waals surface area (Å²) in [6.45, 7) is 8.14. The molecule has 0 aromatic heterocycles. The normalized spacial score (nSPS) is 19.2. The minimum Gasteiger partial charge on any atom is -0.493 e. The molecule has 0 N–H and O–H groups in total. The Balaban J connectivity index is 2.03. The summed E-state index contributed by atoms with van der Waals surface area (Å²) in [5.74, 6) is 1.55. The minimum absolute atomic E-state index is 0.527. The maximum Gasteiger partial charge on any atom is 0.215 e. The lowest BCUT2D eigenvalue weighted by Gasteiger charge is -2.23. The molecule has 1 atom stereocenters. The Morgan fingerprint density at radius 3 is 3.14 bits per heavy atom. The fourth-order valence-electron chi connectivity index (χ4n) is 1.82. The highest BCUT2D eigenvalue weighted by Gasteiger charge is 2.19. The van der Waals surface area contributed by atoms with E-state index in [-0.39, 0.29) is 0 Å². The first-order valence-corrected chi connectivity index (χ1v) is 4.94. The summed E-state index contributed by atoms with van der Waals surface area (Å²) in [5, 5.41) is 0. The van der Waals surface area contributed by atoms with E-state index in [0.717, 1.165) is 25.2 Å². The summed E-state index contributed by atoms with van der Waals surface area (Å²) in [7, 11) is 0. The molecule has 1 aromatic rings. The summed E-state index contributed by atoms with van der Waals surface area (Å²) >= 11 is 0. The zero-order valence-corrected chi connectivity index (χ0v) is 8.07. The third-order valence-corrected chi connectivity index (χ3v) is 2.60. The van der Waals surface area contributed by atoms with E-state index in [1.165, 1.54) is 5.56 Å². The van der Waals surface area contributed by atoms with Crippen molar-refractivity contribution in [2.45, 2.75) is 12.8 Å². The van der Waals surface area contributed by atoms with Gasteiger partial charge < -0.3 is 9.58 Å². The molecule has 1 aliphatic heterocycles. The summed E-state index contributed by atoms with van der Waals surface area (Å²) in [6.07, 6.45) is 2.02. The molecule has 2 nitrogen and oxygen atoms in total. The third-order valence-electron chi connectivity index (χ3n) is 2.60. The quantitative estimate of drug-likeness (QED) is 0.649. The van der Waals surface area contributed by atoms with Gasteiger partial charge in [0, 0.05) is 12.3 Å². The Morgan fingerprint density at radius 2 is 2.29 bits per heavy atom. The van der Waals surface area contributed by atoms with Gasteiger partial charge in [-0.15, -0.1) is 0 Å². The van der Waals surface area contributed by atoms with Crippen molar-refractivity contribution in [1.82, 2.24) is 0 Å². The largest absolute Gasteiger partial charge is 0.493 e. The fraction of sp³-hybridized carbons (Fsp3) is 0.417. The van der Waals surface area contributed by atoms with Crippen LogP contribution in [0.25, 0.3) is 4.85 Å². The lowest BCUT2D eigenvalue weighted by atomic mass is 9.94. The van der Waals surface area contributed by atoms with Gasteiger partial charge in [0.15, 0.2) is 0 Å². The molecule has 0 spiro atoms. The number of rotatable bonds is 2. The monoisotopic (exact) mass is 187 g/mol. The molecule has 72 valence electrons. The lowest BCUT2D eigenvalue weighted by Crippen LogP contribution is -2.21. The van der Waals surface area contributed by atoms with Crippen molar-refractivity contribution in [3.05, 3.63) is 41.2 Å². The van der Waals surface area contributed by atoms with Crippen LogP contribution in [-0.2, 0) is 6.42 Å². The van der Waals surface area contributed by atoms with Crippen LogP contribution in [0.5, 0.6) is 5.75 Å². The Kier molecular flexibility index (Phi) is 2.69. The molecule has 1 aromatic carbocycles. The maximum absolute atomic E-state index is 6.75. The van der Waals surface area contributed by atoms with Crippen molar-refractivity contribution < 1.29 is 4.74 Å². The van der Waals surface area contributed by atoms with Gasteiger partial charge in [-0.25, -0.2) is 6.57 Å². The number of benzene rings is 1. The Bertz CT molecular complexity index is 354. The van der Waals surface area contributed by atoms with E-state index in [1.54, 1.807) is 0 Å². The zero-order valence-electron chi connectivity index (χ0n) is 8.07. The number of para-hydroxylation sites is 1. The molecule has 0 saturated heterocycles.